The molecule has 3 heterocycles. The Labute approximate surface area is 127 Å². The van der Waals surface area contributed by atoms with Crippen molar-refractivity contribution in [1.82, 2.24) is 9.38 Å². The van der Waals surface area contributed by atoms with Gasteiger partial charge in [-0.15, -0.1) is 0 Å². The first-order valence-corrected chi connectivity index (χ1v) is 7.85. The van der Waals surface area contributed by atoms with Crippen molar-refractivity contribution in [3.63, 3.8) is 0 Å². The van der Waals surface area contributed by atoms with Crippen molar-refractivity contribution in [2.45, 2.75) is 38.7 Å². The molecule has 3 rings (SSSR count). The van der Waals surface area contributed by atoms with Gasteiger partial charge in [0.25, 0.3) is 0 Å². The van der Waals surface area contributed by atoms with Crippen molar-refractivity contribution >= 4 is 21.6 Å². The van der Waals surface area contributed by atoms with E-state index in [1.165, 1.54) is 0 Å². The van der Waals surface area contributed by atoms with Crippen molar-refractivity contribution in [2.24, 2.45) is 0 Å². The van der Waals surface area contributed by atoms with Crippen molar-refractivity contribution in [2.75, 3.05) is 13.2 Å². The third-order valence-electron chi connectivity index (χ3n) is 3.44. The van der Waals surface area contributed by atoms with Crippen LogP contribution in [0.2, 0.25) is 0 Å². The van der Waals surface area contributed by atoms with Crippen LogP contribution < -0.4 is 4.74 Å². The number of fused-ring (bicyclic) bond motifs is 1. The number of nitrogens with zero attached hydrogens (tertiary/aromatic N) is 2. The molecule has 2 aromatic heterocycles. The van der Waals surface area contributed by atoms with Crippen LogP contribution in [0.1, 0.15) is 38.3 Å². The lowest BCUT2D eigenvalue weighted by molar-refractivity contribution is 0.0794. The highest BCUT2D eigenvalue weighted by Crippen LogP contribution is 2.30. The second-order valence-electron chi connectivity index (χ2n) is 5.50. The molecule has 0 radical (unpaired) electrons. The Morgan fingerprint density at radius 1 is 1.45 bits per heavy atom. The molecule has 20 heavy (non-hydrogen) atoms. The van der Waals surface area contributed by atoms with Gasteiger partial charge in [-0.1, -0.05) is 0 Å². The van der Waals surface area contributed by atoms with Gasteiger partial charge in [0.05, 0.1) is 18.4 Å². The predicted octanol–water partition coefficient (Wildman–Crippen LogP) is 3.78. The highest BCUT2D eigenvalue weighted by Gasteiger charge is 2.20. The summed E-state index contributed by atoms with van der Waals surface area (Å²) in [7, 11) is 0. The smallest absolute Gasteiger partial charge is 0.180 e. The Kier molecular flexibility index (Phi) is 3.98. The monoisotopic (exact) mass is 338 g/mol. The highest BCUT2D eigenvalue weighted by molar-refractivity contribution is 9.10. The van der Waals surface area contributed by atoms with Crippen molar-refractivity contribution < 1.29 is 9.47 Å². The summed E-state index contributed by atoms with van der Waals surface area (Å²) >= 11 is 3.53. The Morgan fingerprint density at radius 2 is 2.30 bits per heavy atom. The molecule has 0 N–H and O–H groups in total. The minimum atomic E-state index is 0.131. The largest absolute Gasteiger partial charge is 0.487 e. The number of ether oxygens (including phenoxy) is 2. The van der Waals surface area contributed by atoms with E-state index in [4.69, 9.17) is 14.5 Å². The number of aromatic nitrogens is 2. The molecule has 0 aliphatic carbocycles. The molecule has 1 unspecified atom stereocenters. The van der Waals surface area contributed by atoms with Crippen LogP contribution in [0.4, 0.5) is 0 Å². The fourth-order valence-corrected chi connectivity index (χ4v) is 2.99. The summed E-state index contributed by atoms with van der Waals surface area (Å²) in [6.07, 6.45) is 6.49. The first kappa shape index (κ1) is 13.9. The molecule has 0 saturated carbocycles. The van der Waals surface area contributed by atoms with E-state index in [-0.39, 0.29) is 6.10 Å². The number of rotatable bonds is 3. The van der Waals surface area contributed by atoms with Gasteiger partial charge in [0, 0.05) is 29.4 Å². The van der Waals surface area contributed by atoms with Gasteiger partial charge in [-0.05, 0) is 48.7 Å². The third-order valence-corrected chi connectivity index (χ3v) is 3.88. The molecule has 0 bridgehead atoms. The SMILES string of the molecule is CC(C)Oc1cc(Br)cn2cc(C3CCCOC3)nc12. The summed E-state index contributed by atoms with van der Waals surface area (Å²) in [5.74, 6) is 1.21. The summed E-state index contributed by atoms with van der Waals surface area (Å²) in [6, 6.07) is 1.98. The molecular weight excluding hydrogens is 320 g/mol. The molecule has 1 fully saturated rings. The summed E-state index contributed by atoms with van der Waals surface area (Å²) in [5.41, 5.74) is 1.97. The normalized spacial score (nSPS) is 19.7. The van der Waals surface area contributed by atoms with E-state index in [0.29, 0.717) is 5.92 Å². The third kappa shape index (κ3) is 2.83. The number of hydrogen-bond acceptors (Lipinski definition) is 3. The summed E-state index contributed by atoms with van der Waals surface area (Å²) in [6.45, 7) is 5.69. The molecule has 0 amide bonds. The lowest BCUT2D eigenvalue weighted by Crippen LogP contribution is -2.15. The molecule has 108 valence electrons. The van der Waals surface area contributed by atoms with Crippen LogP contribution >= 0.6 is 15.9 Å². The second kappa shape index (κ2) is 5.74. The predicted molar refractivity (Wildman–Crippen MR) is 81.5 cm³/mol. The zero-order valence-electron chi connectivity index (χ0n) is 11.8. The molecule has 0 spiro atoms. The Morgan fingerprint density at radius 3 is 3.00 bits per heavy atom. The molecule has 4 nitrogen and oxygen atoms in total. The first-order chi connectivity index (χ1) is 9.63. The van der Waals surface area contributed by atoms with Gasteiger partial charge in [-0.2, -0.15) is 0 Å². The van der Waals surface area contributed by atoms with Crippen molar-refractivity contribution in [3.05, 3.63) is 28.6 Å². The van der Waals surface area contributed by atoms with E-state index in [2.05, 4.69) is 22.1 Å². The zero-order valence-corrected chi connectivity index (χ0v) is 13.4. The van der Waals surface area contributed by atoms with E-state index < -0.39 is 0 Å². The number of halogens is 1. The fraction of sp³-hybridized carbons (Fsp3) is 0.533. The van der Waals surface area contributed by atoms with E-state index in [1.54, 1.807) is 0 Å². The van der Waals surface area contributed by atoms with Crippen molar-refractivity contribution in [1.29, 1.82) is 0 Å². The standard InChI is InChI=1S/C15H19BrN2O2/c1-10(2)20-14-6-12(16)7-18-8-13(17-15(14)18)11-4-3-5-19-9-11/h6-8,10-11H,3-5,9H2,1-2H3. The van der Waals surface area contributed by atoms with Crippen LogP contribution in [0.3, 0.4) is 0 Å². The van der Waals surface area contributed by atoms with Crippen LogP contribution in [-0.2, 0) is 4.74 Å². The Hall–Kier alpha value is -1.07. The van der Waals surface area contributed by atoms with E-state index in [0.717, 1.165) is 47.6 Å². The summed E-state index contributed by atoms with van der Waals surface area (Å²) < 4.78 is 14.4. The maximum absolute atomic E-state index is 5.86. The topological polar surface area (TPSA) is 35.8 Å². The molecule has 1 aliphatic rings. The summed E-state index contributed by atoms with van der Waals surface area (Å²) in [4.78, 5) is 4.77. The van der Waals surface area contributed by atoms with Gasteiger partial charge < -0.3 is 13.9 Å². The van der Waals surface area contributed by atoms with Gasteiger partial charge in [-0.3, -0.25) is 0 Å². The van der Waals surface area contributed by atoms with Gasteiger partial charge in [-0.25, -0.2) is 4.98 Å². The van der Waals surface area contributed by atoms with Crippen molar-refractivity contribution in [3.8, 4) is 5.75 Å². The van der Waals surface area contributed by atoms with Gasteiger partial charge in [0.1, 0.15) is 0 Å². The quantitative estimate of drug-likeness (QED) is 0.854. The highest BCUT2D eigenvalue weighted by atomic mass is 79.9. The fourth-order valence-electron chi connectivity index (χ4n) is 2.56. The van der Waals surface area contributed by atoms with Crippen LogP contribution in [0.25, 0.3) is 5.65 Å². The molecular formula is C15H19BrN2O2. The van der Waals surface area contributed by atoms with Crippen LogP contribution in [0.5, 0.6) is 5.75 Å². The first-order valence-electron chi connectivity index (χ1n) is 7.06. The minimum absolute atomic E-state index is 0.131. The molecule has 2 aromatic rings. The zero-order chi connectivity index (χ0) is 14.1. The maximum atomic E-state index is 5.86. The van der Waals surface area contributed by atoms with E-state index in [9.17, 15) is 0 Å². The van der Waals surface area contributed by atoms with E-state index >= 15 is 0 Å². The molecule has 0 aromatic carbocycles. The number of hydrogen-bond donors (Lipinski definition) is 0. The molecule has 1 aliphatic heterocycles. The van der Waals surface area contributed by atoms with Gasteiger partial charge in [0.2, 0.25) is 0 Å². The minimum Gasteiger partial charge on any atom is -0.487 e. The van der Waals surface area contributed by atoms with E-state index in [1.807, 2.05) is 30.5 Å². The van der Waals surface area contributed by atoms with Crippen LogP contribution in [0, 0.1) is 0 Å². The average molecular weight is 339 g/mol. The average Bonchev–Trinajstić information content (AvgIpc) is 2.83. The summed E-state index contributed by atoms with van der Waals surface area (Å²) in [5, 5.41) is 0. The lowest BCUT2D eigenvalue weighted by Gasteiger charge is -2.19. The lowest BCUT2D eigenvalue weighted by atomic mass is 9.99. The molecule has 1 atom stereocenters. The second-order valence-corrected chi connectivity index (χ2v) is 6.42. The Bertz CT molecular complexity index is 603. The number of imidazole rings is 1. The van der Waals surface area contributed by atoms with Crippen LogP contribution in [0.15, 0.2) is 22.9 Å². The maximum Gasteiger partial charge on any atom is 0.180 e. The van der Waals surface area contributed by atoms with Gasteiger partial charge in [0.15, 0.2) is 11.4 Å². The molecule has 5 heteroatoms. The Balaban J connectivity index is 2.00. The van der Waals surface area contributed by atoms with Gasteiger partial charge >= 0.3 is 0 Å². The number of pyridine rings is 1. The molecule has 1 saturated heterocycles. The van der Waals surface area contributed by atoms with Crippen LogP contribution in [-0.4, -0.2) is 28.7 Å².